The van der Waals surface area contributed by atoms with Crippen LogP contribution in [0, 0.1) is 0 Å². The van der Waals surface area contributed by atoms with Gasteiger partial charge in [0.1, 0.15) is 12.2 Å². The molecule has 0 bridgehead atoms. The van der Waals surface area contributed by atoms with Crippen LogP contribution in [0.4, 0.5) is 0 Å². The fourth-order valence-corrected chi connectivity index (χ4v) is 3.24. The predicted octanol–water partition coefficient (Wildman–Crippen LogP) is 2.94. The van der Waals surface area contributed by atoms with Gasteiger partial charge in [-0.1, -0.05) is 46.4 Å². The van der Waals surface area contributed by atoms with Gasteiger partial charge in [-0.2, -0.15) is 0 Å². The summed E-state index contributed by atoms with van der Waals surface area (Å²) in [7, 11) is 7.52. The molecule has 2 N–H and O–H groups in total. The number of hydrogen-bond donors (Lipinski definition) is 2. The van der Waals surface area contributed by atoms with Gasteiger partial charge in [-0.15, -0.1) is 0 Å². The first-order valence-corrected chi connectivity index (χ1v) is 9.09. The summed E-state index contributed by atoms with van der Waals surface area (Å²) in [5.74, 6) is 0. The topological polar surface area (TPSA) is 40.5 Å². The van der Waals surface area contributed by atoms with Crippen LogP contribution in [-0.4, -0.2) is 81.6 Å². The van der Waals surface area contributed by atoms with Crippen molar-refractivity contribution in [1.29, 1.82) is 0 Å². The van der Waals surface area contributed by atoms with Gasteiger partial charge in [0.25, 0.3) is 0 Å². The van der Waals surface area contributed by atoms with Crippen molar-refractivity contribution in [2.45, 2.75) is 60.9 Å². The number of alkyl halides is 4. The van der Waals surface area contributed by atoms with Crippen LogP contribution in [0.5, 0.6) is 0 Å². The van der Waals surface area contributed by atoms with Crippen molar-refractivity contribution in [1.82, 2.24) is 0 Å². The van der Waals surface area contributed by atoms with Gasteiger partial charge in [0.05, 0.1) is 28.2 Å². The van der Waals surface area contributed by atoms with Crippen molar-refractivity contribution in [2.75, 3.05) is 28.2 Å². The maximum Gasteiger partial charge on any atom is 0.191 e. The molecule has 6 unspecified atom stereocenters. The molecule has 0 saturated carbocycles. The molecule has 0 aliphatic carbocycles. The van der Waals surface area contributed by atoms with Crippen molar-refractivity contribution >= 4 is 46.4 Å². The van der Waals surface area contributed by atoms with Crippen molar-refractivity contribution in [3.8, 4) is 0 Å². The zero-order valence-electron chi connectivity index (χ0n) is 14.2. The first-order valence-electron chi connectivity index (χ1n) is 7.35. The van der Waals surface area contributed by atoms with Gasteiger partial charge in [0, 0.05) is 12.8 Å². The van der Waals surface area contributed by atoms with E-state index in [1.54, 1.807) is 13.8 Å². The summed E-state index contributed by atoms with van der Waals surface area (Å²) in [5.41, 5.74) is -1.59. The van der Waals surface area contributed by atoms with E-state index in [-0.39, 0.29) is 20.0 Å². The van der Waals surface area contributed by atoms with Crippen LogP contribution >= 0.6 is 46.4 Å². The number of halogens is 4. The summed E-state index contributed by atoms with van der Waals surface area (Å²) in [4.78, 5) is 0. The maximum atomic E-state index is 9.67. The Morgan fingerprint density at radius 1 is 0.682 bits per heavy atom. The molecule has 8 heteroatoms. The Bertz CT molecular complexity index is 309. The Hall–Kier alpha value is 1.000. The lowest BCUT2D eigenvalue weighted by Gasteiger charge is -2.42. The van der Waals surface area contributed by atoms with E-state index in [0.29, 0.717) is 12.8 Å². The largest absolute Gasteiger partial charge is 0.386 e. The molecule has 22 heavy (non-hydrogen) atoms. The third kappa shape index (κ3) is 5.82. The first kappa shape index (κ1) is 23.0. The molecule has 0 saturated heterocycles. The van der Waals surface area contributed by atoms with Crippen LogP contribution in [0.2, 0.25) is 0 Å². The van der Waals surface area contributed by atoms with Crippen LogP contribution in [0.15, 0.2) is 0 Å². The Balaban J connectivity index is 4.73. The molecule has 0 spiro atoms. The van der Waals surface area contributed by atoms with Gasteiger partial charge in [-0.25, -0.2) is 0 Å². The standard InChI is InChI=1S/C14H30Cl4N2O2/c1-9(21)13(17)19(3,4)11(15)7-8-12(16)20(5,6)14(18)10(2)22/h9-14,21-22H,7-8H2,1-6H3/q+2. The molecule has 0 rings (SSSR count). The Labute approximate surface area is 154 Å². The summed E-state index contributed by atoms with van der Waals surface area (Å²) >= 11 is 25.4. The lowest BCUT2D eigenvalue weighted by Crippen LogP contribution is -2.57. The van der Waals surface area contributed by atoms with E-state index in [9.17, 15) is 10.2 Å². The number of quaternary nitrogens is 2. The molecule has 6 atom stereocenters. The van der Waals surface area contributed by atoms with E-state index in [4.69, 9.17) is 46.4 Å². The second-order valence-corrected chi connectivity index (χ2v) is 8.83. The Morgan fingerprint density at radius 3 is 1.09 bits per heavy atom. The van der Waals surface area contributed by atoms with E-state index in [1.807, 2.05) is 28.2 Å². The third-order valence-electron chi connectivity index (χ3n) is 4.15. The minimum absolute atomic E-state index is 0.276. The van der Waals surface area contributed by atoms with Crippen LogP contribution in [0.25, 0.3) is 0 Å². The van der Waals surface area contributed by atoms with Crippen LogP contribution in [0.3, 0.4) is 0 Å². The highest BCUT2D eigenvalue weighted by Gasteiger charge is 2.40. The lowest BCUT2D eigenvalue weighted by molar-refractivity contribution is -0.923. The molecule has 0 aromatic rings. The molecule has 0 heterocycles. The van der Waals surface area contributed by atoms with Crippen molar-refractivity contribution in [3.63, 3.8) is 0 Å². The summed E-state index contributed by atoms with van der Waals surface area (Å²) in [6, 6.07) is 0. The van der Waals surface area contributed by atoms with Crippen molar-refractivity contribution in [2.24, 2.45) is 0 Å². The van der Waals surface area contributed by atoms with Crippen LogP contribution in [-0.2, 0) is 0 Å². The molecule has 4 nitrogen and oxygen atoms in total. The van der Waals surface area contributed by atoms with Gasteiger partial charge in [0.2, 0.25) is 0 Å². The van der Waals surface area contributed by atoms with E-state index in [1.165, 1.54) is 0 Å². The van der Waals surface area contributed by atoms with Crippen LogP contribution < -0.4 is 0 Å². The van der Waals surface area contributed by atoms with E-state index in [0.717, 1.165) is 0 Å². The summed E-state index contributed by atoms with van der Waals surface area (Å²) in [5, 5.41) is 19.3. The second-order valence-electron chi connectivity index (χ2n) is 6.93. The molecule has 0 fully saturated rings. The minimum atomic E-state index is -0.667. The molecule has 0 aromatic heterocycles. The molecule has 0 aromatic carbocycles. The van der Waals surface area contributed by atoms with E-state index >= 15 is 0 Å². The lowest BCUT2D eigenvalue weighted by atomic mass is 10.2. The monoisotopic (exact) mass is 398 g/mol. The average Bonchev–Trinajstić information content (AvgIpc) is 2.41. The van der Waals surface area contributed by atoms with Gasteiger partial charge in [-0.05, 0) is 13.8 Å². The molecule has 0 aliphatic rings. The number of nitrogens with zero attached hydrogens (tertiary/aromatic N) is 2. The van der Waals surface area contributed by atoms with Gasteiger partial charge >= 0.3 is 0 Å². The Kier molecular flexibility index (Phi) is 9.31. The minimum Gasteiger partial charge on any atom is -0.386 e. The van der Waals surface area contributed by atoms with Crippen molar-refractivity contribution < 1.29 is 19.2 Å². The highest BCUT2D eigenvalue weighted by atomic mass is 35.5. The smallest absolute Gasteiger partial charge is 0.191 e. The normalized spacial score (nSPS) is 21.8. The predicted molar refractivity (Wildman–Crippen MR) is 95.4 cm³/mol. The quantitative estimate of drug-likeness (QED) is 0.355. The zero-order chi connectivity index (χ0) is 17.9. The van der Waals surface area contributed by atoms with Gasteiger partial charge in [-0.3, -0.25) is 8.97 Å². The van der Waals surface area contributed by atoms with Crippen LogP contribution in [0.1, 0.15) is 26.7 Å². The molecule has 0 amide bonds. The molecule has 0 aliphatic heterocycles. The number of likely N-dealkylation sites (N-methyl/N-ethyl adjacent to an activating group) is 2. The number of rotatable bonds is 9. The van der Waals surface area contributed by atoms with Crippen molar-refractivity contribution in [3.05, 3.63) is 0 Å². The number of aliphatic hydroxyl groups is 2. The molecule has 134 valence electrons. The molecule has 0 radical (unpaired) electrons. The zero-order valence-corrected chi connectivity index (χ0v) is 17.2. The average molecular weight is 400 g/mol. The maximum absolute atomic E-state index is 9.67. The van der Waals surface area contributed by atoms with E-state index in [2.05, 4.69) is 0 Å². The second kappa shape index (κ2) is 8.91. The fourth-order valence-electron chi connectivity index (χ4n) is 2.36. The SMILES string of the molecule is CC(O)C(Cl)[N+](C)(C)C(Cl)CCC(Cl)[N+](C)(C)C(Cl)C(C)O. The summed E-state index contributed by atoms with van der Waals surface area (Å²) < 4.78 is 0.553. The van der Waals surface area contributed by atoms with E-state index < -0.39 is 23.2 Å². The Morgan fingerprint density at radius 2 is 0.909 bits per heavy atom. The number of aliphatic hydroxyl groups excluding tert-OH is 2. The third-order valence-corrected chi connectivity index (χ3v) is 7.33. The van der Waals surface area contributed by atoms with Gasteiger partial charge < -0.3 is 10.2 Å². The molecular formula is C14H30Cl4N2O2+2. The molecular weight excluding hydrogens is 370 g/mol. The highest BCUT2D eigenvalue weighted by Crippen LogP contribution is 2.30. The summed E-state index contributed by atoms with van der Waals surface area (Å²) in [6.45, 7) is 3.29. The fraction of sp³-hybridized carbons (Fsp3) is 1.00. The van der Waals surface area contributed by atoms with Gasteiger partial charge in [0.15, 0.2) is 22.0 Å². The highest BCUT2D eigenvalue weighted by molar-refractivity contribution is 6.22. The first-order chi connectivity index (χ1) is 9.76. The summed E-state index contributed by atoms with van der Waals surface area (Å²) in [6.07, 6.45) is -0.105. The number of hydrogen-bond acceptors (Lipinski definition) is 2.